The summed E-state index contributed by atoms with van der Waals surface area (Å²) in [7, 11) is 0. The fraction of sp³-hybridized carbons (Fsp3) is 0.478. The van der Waals surface area contributed by atoms with Gasteiger partial charge in [-0.1, -0.05) is 0 Å². The second-order valence-corrected chi connectivity index (χ2v) is 8.49. The minimum atomic E-state index is 0.129. The molecule has 0 aliphatic carbocycles. The lowest BCUT2D eigenvalue weighted by Gasteiger charge is -2.35. The number of anilines is 1. The highest BCUT2D eigenvalue weighted by molar-refractivity contribution is 5.91. The lowest BCUT2D eigenvalue weighted by Crippen LogP contribution is -2.44. The lowest BCUT2D eigenvalue weighted by atomic mass is 9.94. The molecule has 0 spiro atoms. The number of carbonyl (C=O) groups excluding carboxylic acids is 1. The summed E-state index contributed by atoms with van der Waals surface area (Å²) in [4.78, 5) is 33.8. The summed E-state index contributed by atoms with van der Waals surface area (Å²) in [5.74, 6) is 1.97. The number of likely N-dealkylation sites (tertiary alicyclic amines) is 1. The molecule has 8 heteroatoms. The maximum Gasteiger partial charge on any atom is 0.219 e. The quantitative estimate of drug-likeness (QED) is 0.701. The number of morpholine rings is 1. The minimum absolute atomic E-state index is 0.129. The van der Waals surface area contributed by atoms with Crippen LogP contribution in [0.1, 0.15) is 38.3 Å². The number of rotatable bonds is 3. The van der Waals surface area contributed by atoms with E-state index < -0.39 is 0 Å². The van der Waals surface area contributed by atoms with Gasteiger partial charge in [-0.2, -0.15) is 0 Å². The second-order valence-electron chi connectivity index (χ2n) is 8.49. The Labute approximate surface area is 181 Å². The molecule has 0 unspecified atom stereocenters. The van der Waals surface area contributed by atoms with Crippen LogP contribution >= 0.6 is 0 Å². The first-order valence-electron chi connectivity index (χ1n) is 11.0. The number of hydrogen-bond acceptors (Lipinski definition) is 6. The van der Waals surface area contributed by atoms with Crippen molar-refractivity contribution < 1.29 is 9.53 Å². The average Bonchev–Trinajstić information content (AvgIpc) is 3.28. The average molecular weight is 421 g/mol. The number of aromatic amines is 1. The number of nitrogens with one attached hydrogen (secondary N) is 1. The SMILES string of the molecule is CC(=O)N1CCC[C@H](c2cc(N3CCOC[C@H]3C)nc(-c3ccnc4[nH]ccc34)n2)C1. The summed E-state index contributed by atoms with van der Waals surface area (Å²) in [6, 6.07) is 6.36. The Bertz CT molecular complexity index is 1100. The van der Waals surface area contributed by atoms with Gasteiger partial charge < -0.3 is 19.5 Å². The molecule has 2 saturated heterocycles. The van der Waals surface area contributed by atoms with Gasteiger partial charge in [0.25, 0.3) is 0 Å². The van der Waals surface area contributed by atoms with E-state index in [2.05, 4.69) is 27.9 Å². The number of aromatic nitrogens is 4. The van der Waals surface area contributed by atoms with Crippen LogP contribution in [0.25, 0.3) is 22.4 Å². The summed E-state index contributed by atoms with van der Waals surface area (Å²) in [5.41, 5.74) is 2.80. The number of H-pyrrole nitrogens is 1. The van der Waals surface area contributed by atoms with Crippen molar-refractivity contribution in [3.8, 4) is 11.4 Å². The van der Waals surface area contributed by atoms with E-state index in [9.17, 15) is 4.79 Å². The number of pyridine rings is 1. The van der Waals surface area contributed by atoms with Crippen molar-refractivity contribution in [3.05, 3.63) is 36.3 Å². The molecule has 0 radical (unpaired) electrons. The highest BCUT2D eigenvalue weighted by Crippen LogP contribution is 2.32. The van der Waals surface area contributed by atoms with E-state index >= 15 is 0 Å². The van der Waals surface area contributed by atoms with Crippen molar-refractivity contribution in [1.29, 1.82) is 0 Å². The summed E-state index contributed by atoms with van der Waals surface area (Å²) in [5, 5.41) is 1.01. The van der Waals surface area contributed by atoms with Gasteiger partial charge in [-0.05, 0) is 31.9 Å². The maximum atomic E-state index is 12.0. The standard InChI is InChI=1S/C23H28N6O2/c1-15-14-31-11-10-29(15)21-12-20(17-4-3-9-28(13-17)16(2)30)26-23(27-21)19-6-8-25-22-18(19)5-7-24-22/h5-8,12,15,17H,3-4,9-11,13-14H2,1-2H3,(H,24,25)/t15-,17+/m1/s1. The number of fused-ring (bicyclic) bond motifs is 1. The van der Waals surface area contributed by atoms with Crippen LogP contribution in [0.2, 0.25) is 0 Å². The molecule has 0 saturated carbocycles. The Kier molecular flexibility index (Phi) is 5.31. The zero-order chi connectivity index (χ0) is 21.4. The van der Waals surface area contributed by atoms with Crippen LogP contribution < -0.4 is 4.90 Å². The van der Waals surface area contributed by atoms with E-state index in [1.807, 2.05) is 23.2 Å². The normalized spacial score (nSPS) is 22.1. The fourth-order valence-electron chi connectivity index (χ4n) is 4.66. The van der Waals surface area contributed by atoms with Crippen molar-refractivity contribution in [3.63, 3.8) is 0 Å². The van der Waals surface area contributed by atoms with Gasteiger partial charge in [0.2, 0.25) is 5.91 Å². The van der Waals surface area contributed by atoms with Crippen LogP contribution in [-0.2, 0) is 9.53 Å². The number of amides is 1. The molecule has 1 N–H and O–H groups in total. The van der Waals surface area contributed by atoms with Gasteiger partial charge in [-0.25, -0.2) is 15.0 Å². The lowest BCUT2D eigenvalue weighted by molar-refractivity contribution is -0.130. The maximum absolute atomic E-state index is 12.0. The van der Waals surface area contributed by atoms with Crippen LogP contribution in [0.15, 0.2) is 30.6 Å². The molecule has 2 aliphatic heterocycles. The fourth-order valence-corrected chi connectivity index (χ4v) is 4.66. The number of hydrogen-bond donors (Lipinski definition) is 1. The van der Waals surface area contributed by atoms with Crippen molar-refractivity contribution in [2.24, 2.45) is 0 Å². The van der Waals surface area contributed by atoms with E-state index in [1.165, 1.54) is 0 Å². The summed E-state index contributed by atoms with van der Waals surface area (Å²) >= 11 is 0. The van der Waals surface area contributed by atoms with E-state index in [4.69, 9.17) is 14.7 Å². The topological polar surface area (TPSA) is 87.2 Å². The molecule has 5 rings (SSSR count). The second kappa shape index (κ2) is 8.26. The van der Waals surface area contributed by atoms with Gasteiger partial charge in [-0.3, -0.25) is 4.79 Å². The third kappa shape index (κ3) is 3.87. The molecule has 5 heterocycles. The first-order chi connectivity index (χ1) is 15.1. The van der Waals surface area contributed by atoms with Crippen molar-refractivity contribution >= 4 is 22.8 Å². The Morgan fingerprint density at radius 2 is 2.16 bits per heavy atom. The van der Waals surface area contributed by atoms with Gasteiger partial charge in [-0.15, -0.1) is 0 Å². The number of piperidine rings is 1. The third-order valence-corrected chi connectivity index (χ3v) is 6.38. The van der Waals surface area contributed by atoms with E-state index in [-0.39, 0.29) is 17.9 Å². The Morgan fingerprint density at radius 1 is 1.26 bits per heavy atom. The first kappa shape index (κ1) is 19.9. The van der Waals surface area contributed by atoms with E-state index in [0.717, 1.165) is 54.0 Å². The summed E-state index contributed by atoms with van der Waals surface area (Å²) < 4.78 is 5.64. The molecule has 0 aromatic carbocycles. The van der Waals surface area contributed by atoms with Crippen LogP contribution in [0.3, 0.4) is 0 Å². The Morgan fingerprint density at radius 3 is 3.00 bits per heavy atom. The molecule has 162 valence electrons. The smallest absolute Gasteiger partial charge is 0.219 e. The Balaban J connectivity index is 1.60. The Hall–Kier alpha value is -3.00. The molecular formula is C23H28N6O2. The molecule has 3 aromatic rings. The molecule has 2 atom stereocenters. The number of nitrogens with zero attached hydrogens (tertiary/aromatic N) is 5. The van der Waals surface area contributed by atoms with Crippen molar-refractivity contribution in [2.75, 3.05) is 37.7 Å². The van der Waals surface area contributed by atoms with Gasteiger partial charge >= 0.3 is 0 Å². The van der Waals surface area contributed by atoms with Crippen molar-refractivity contribution in [1.82, 2.24) is 24.8 Å². The highest BCUT2D eigenvalue weighted by atomic mass is 16.5. The largest absolute Gasteiger partial charge is 0.377 e. The molecule has 8 nitrogen and oxygen atoms in total. The van der Waals surface area contributed by atoms with Gasteiger partial charge in [0, 0.05) is 61.9 Å². The van der Waals surface area contributed by atoms with Crippen LogP contribution in [0.4, 0.5) is 5.82 Å². The molecule has 31 heavy (non-hydrogen) atoms. The van der Waals surface area contributed by atoms with Crippen molar-refractivity contribution in [2.45, 2.75) is 38.6 Å². The molecule has 3 aromatic heterocycles. The molecule has 2 fully saturated rings. The van der Waals surface area contributed by atoms with Crippen LogP contribution in [0.5, 0.6) is 0 Å². The monoisotopic (exact) mass is 420 g/mol. The van der Waals surface area contributed by atoms with Gasteiger partial charge in [0.15, 0.2) is 5.82 Å². The van der Waals surface area contributed by atoms with Crippen LogP contribution in [0, 0.1) is 0 Å². The number of ether oxygens (including phenoxy) is 1. The first-order valence-corrected chi connectivity index (χ1v) is 11.0. The zero-order valence-electron chi connectivity index (χ0n) is 18.0. The highest BCUT2D eigenvalue weighted by Gasteiger charge is 2.27. The predicted molar refractivity (Wildman–Crippen MR) is 119 cm³/mol. The van der Waals surface area contributed by atoms with E-state index in [0.29, 0.717) is 25.6 Å². The molecule has 2 aliphatic rings. The van der Waals surface area contributed by atoms with Crippen LogP contribution in [-0.4, -0.2) is 69.6 Å². The van der Waals surface area contributed by atoms with E-state index in [1.54, 1.807) is 13.1 Å². The summed E-state index contributed by atoms with van der Waals surface area (Å²) in [6.45, 7) is 7.53. The molecule has 0 bridgehead atoms. The van der Waals surface area contributed by atoms with Gasteiger partial charge in [0.05, 0.1) is 24.9 Å². The predicted octanol–water partition coefficient (Wildman–Crippen LogP) is 2.97. The van der Waals surface area contributed by atoms with Gasteiger partial charge in [0.1, 0.15) is 11.5 Å². The zero-order valence-corrected chi connectivity index (χ0v) is 18.0. The third-order valence-electron chi connectivity index (χ3n) is 6.38. The summed E-state index contributed by atoms with van der Waals surface area (Å²) in [6.07, 6.45) is 5.69. The minimum Gasteiger partial charge on any atom is -0.377 e. The molecule has 1 amide bonds. The number of carbonyl (C=O) groups is 1. The molecular weight excluding hydrogens is 392 g/mol.